The summed E-state index contributed by atoms with van der Waals surface area (Å²) in [5.41, 5.74) is 1.62. The topological polar surface area (TPSA) is 37.6 Å². The maximum absolute atomic E-state index is 13.0. The van der Waals surface area contributed by atoms with E-state index in [1.165, 1.54) is 23.9 Å². The van der Waals surface area contributed by atoms with E-state index < -0.39 is 0 Å². The Bertz CT molecular complexity index is 808. The summed E-state index contributed by atoms with van der Waals surface area (Å²) in [7, 11) is 0. The van der Waals surface area contributed by atoms with Crippen LogP contribution in [-0.4, -0.2) is 27.1 Å². The standard InChI is InChI=1S/C18H18FN3OS/c1-3-21-11-5-6-15(21)12-16-17(23)22(4-2)18(24-16)20-14-9-7-13(19)8-10-14/h5-12H,3-4H2,1-2H3/b16-12+,20-18?. The molecule has 124 valence electrons. The zero-order valence-corrected chi connectivity index (χ0v) is 14.4. The van der Waals surface area contributed by atoms with Crippen molar-refractivity contribution in [3.05, 3.63) is 59.0 Å². The molecular weight excluding hydrogens is 325 g/mol. The molecule has 0 aliphatic carbocycles. The number of hydrogen-bond acceptors (Lipinski definition) is 3. The van der Waals surface area contributed by atoms with E-state index in [-0.39, 0.29) is 11.7 Å². The summed E-state index contributed by atoms with van der Waals surface area (Å²) in [4.78, 5) is 19.4. The molecular formula is C18H18FN3OS. The largest absolute Gasteiger partial charge is 0.348 e. The SMILES string of the molecule is CCN1C(=O)/C(=C\c2cccn2CC)SC1=Nc1ccc(F)cc1. The van der Waals surface area contributed by atoms with Crippen molar-refractivity contribution in [2.24, 2.45) is 4.99 Å². The van der Waals surface area contributed by atoms with Gasteiger partial charge in [0, 0.05) is 25.0 Å². The van der Waals surface area contributed by atoms with Gasteiger partial charge in [-0.05, 0) is 68.1 Å². The third-order valence-corrected chi connectivity index (χ3v) is 4.75. The predicted molar refractivity (Wildman–Crippen MR) is 96.6 cm³/mol. The third-order valence-electron chi connectivity index (χ3n) is 3.74. The number of aromatic nitrogens is 1. The zero-order chi connectivity index (χ0) is 17.1. The molecule has 1 saturated heterocycles. The first-order valence-corrected chi connectivity index (χ1v) is 8.64. The number of carbonyl (C=O) groups is 1. The Labute approximate surface area is 144 Å². The van der Waals surface area contributed by atoms with Crippen LogP contribution in [0.3, 0.4) is 0 Å². The number of benzene rings is 1. The molecule has 0 radical (unpaired) electrons. The lowest BCUT2D eigenvalue weighted by atomic mass is 10.3. The minimum atomic E-state index is -0.303. The Hall–Kier alpha value is -2.34. The monoisotopic (exact) mass is 343 g/mol. The van der Waals surface area contributed by atoms with E-state index in [1.54, 1.807) is 17.0 Å². The van der Waals surface area contributed by atoms with Crippen molar-refractivity contribution in [1.29, 1.82) is 0 Å². The van der Waals surface area contributed by atoms with Crippen LogP contribution in [0.15, 0.2) is 52.5 Å². The van der Waals surface area contributed by atoms with Crippen molar-refractivity contribution in [2.75, 3.05) is 6.54 Å². The first-order chi connectivity index (χ1) is 11.6. The average Bonchev–Trinajstić information content (AvgIpc) is 3.14. The lowest BCUT2D eigenvalue weighted by Crippen LogP contribution is -2.28. The number of amides is 1. The fourth-order valence-corrected chi connectivity index (χ4v) is 3.52. The summed E-state index contributed by atoms with van der Waals surface area (Å²) in [6.07, 6.45) is 3.88. The molecule has 2 aromatic rings. The van der Waals surface area contributed by atoms with E-state index >= 15 is 0 Å². The van der Waals surface area contributed by atoms with Gasteiger partial charge in [0.2, 0.25) is 0 Å². The number of thioether (sulfide) groups is 1. The second kappa shape index (κ2) is 7.05. The van der Waals surface area contributed by atoms with Crippen LogP contribution in [0.5, 0.6) is 0 Å². The van der Waals surface area contributed by atoms with Crippen LogP contribution in [0.2, 0.25) is 0 Å². The number of amidine groups is 1. The van der Waals surface area contributed by atoms with E-state index in [2.05, 4.69) is 16.5 Å². The lowest BCUT2D eigenvalue weighted by Gasteiger charge is -2.11. The van der Waals surface area contributed by atoms with Crippen molar-refractivity contribution < 1.29 is 9.18 Å². The van der Waals surface area contributed by atoms with Crippen molar-refractivity contribution in [1.82, 2.24) is 9.47 Å². The summed E-state index contributed by atoms with van der Waals surface area (Å²) in [6.45, 7) is 5.36. The van der Waals surface area contributed by atoms with Gasteiger partial charge in [-0.25, -0.2) is 9.38 Å². The van der Waals surface area contributed by atoms with Crippen LogP contribution >= 0.6 is 11.8 Å². The van der Waals surface area contributed by atoms with Gasteiger partial charge in [0.15, 0.2) is 5.17 Å². The van der Waals surface area contributed by atoms with E-state index in [1.807, 2.05) is 31.3 Å². The maximum atomic E-state index is 13.0. The smallest absolute Gasteiger partial charge is 0.266 e. The lowest BCUT2D eigenvalue weighted by molar-refractivity contribution is -0.122. The Morgan fingerprint density at radius 1 is 1.17 bits per heavy atom. The van der Waals surface area contributed by atoms with Crippen molar-refractivity contribution in [2.45, 2.75) is 20.4 Å². The molecule has 1 aromatic carbocycles. The van der Waals surface area contributed by atoms with Gasteiger partial charge in [0.25, 0.3) is 5.91 Å². The summed E-state index contributed by atoms with van der Waals surface area (Å²) in [5, 5.41) is 0.620. The number of likely N-dealkylation sites (N-methyl/N-ethyl adjacent to an activating group) is 1. The van der Waals surface area contributed by atoms with Gasteiger partial charge in [-0.2, -0.15) is 0 Å². The molecule has 0 unspecified atom stereocenters. The molecule has 1 aliphatic heterocycles. The summed E-state index contributed by atoms with van der Waals surface area (Å²) < 4.78 is 15.1. The van der Waals surface area contributed by atoms with Gasteiger partial charge in [-0.1, -0.05) is 0 Å². The molecule has 0 atom stereocenters. The minimum absolute atomic E-state index is 0.0489. The molecule has 0 bridgehead atoms. The third kappa shape index (κ3) is 3.28. The number of aryl methyl sites for hydroxylation is 1. The summed E-state index contributed by atoms with van der Waals surface area (Å²) in [5.74, 6) is -0.352. The zero-order valence-electron chi connectivity index (χ0n) is 13.6. The van der Waals surface area contributed by atoms with Crippen molar-refractivity contribution >= 4 is 34.6 Å². The molecule has 0 saturated carbocycles. The van der Waals surface area contributed by atoms with Gasteiger partial charge in [-0.15, -0.1) is 0 Å². The van der Waals surface area contributed by atoms with Crippen LogP contribution in [-0.2, 0) is 11.3 Å². The van der Waals surface area contributed by atoms with E-state index in [4.69, 9.17) is 0 Å². The van der Waals surface area contributed by atoms with Gasteiger partial charge >= 0.3 is 0 Å². The normalized spacial score (nSPS) is 18.1. The highest BCUT2D eigenvalue weighted by Gasteiger charge is 2.32. The van der Waals surface area contributed by atoms with E-state index in [0.717, 1.165) is 12.2 Å². The highest BCUT2D eigenvalue weighted by Crippen LogP contribution is 2.34. The highest BCUT2D eigenvalue weighted by atomic mass is 32.2. The second-order valence-corrected chi connectivity index (χ2v) is 6.26. The van der Waals surface area contributed by atoms with E-state index in [9.17, 15) is 9.18 Å². The van der Waals surface area contributed by atoms with Gasteiger partial charge in [0.05, 0.1) is 10.6 Å². The molecule has 1 aliphatic rings. The van der Waals surface area contributed by atoms with Gasteiger partial charge < -0.3 is 4.57 Å². The van der Waals surface area contributed by atoms with Crippen LogP contribution in [0, 0.1) is 5.82 Å². The van der Waals surface area contributed by atoms with Crippen LogP contribution < -0.4 is 0 Å². The van der Waals surface area contributed by atoms with Crippen molar-refractivity contribution in [3.63, 3.8) is 0 Å². The quantitative estimate of drug-likeness (QED) is 0.778. The van der Waals surface area contributed by atoms with E-state index in [0.29, 0.717) is 22.3 Å². The molecule has 1 fully saturated rings. The molecule has 2 heterocycles. The molecule has 4 nitrogen and oxygen atoms in total. The fraction of sp³-hybridized carbons (Fsp3) is 0.222. The first-order valence-electron chi connectivity index (χ1n) is 7.83. The van der Waals surface area contributed by atoms with Crippen molar-refractivity contribution in [3.8, 4) is 0 Å². The summed E-state index contributed by atoms with van der Waals surface area (Å²) in [6, 6.07) is 9.88. The average molecular weight is 343 g/mol. The van der Waals surface area contributed by atoms with Gasteiger partial charge in [-0.3, -0.25) is 9.69 Å². The number of aliphatic imine (C=N–C) groups is 1. The van der Waals surface area contributed by atoms with Gasteiger partial charge in [0.1, 0.15) is 5.82 Å². The Kier molecular flexibility index (Phi) is 4.85. The number of halogens is 1. The first kappa shape index (κ1) is 16.5. The number of nitrogens with zero attached hydrogens (tertiary/aromatic N) is 3. The molecule has 0 spiro atoms. The molecule has 1 amide bonds. The summed E-state index contributed by atoms with van der Waals surface area (Å²) >= 11 is 1.35. The second-order valence-electron chi connectivity index (χ2n) is 5.25. The molecule has 6 heteroatoms. The maximum Gasteiger partial charge on any atom is 0.266 e. The van der Waals surface area contributed by atoms with Crippen LogP contribution in [0.1, 0.15) is 19.5 Å². The Morgan fingerprint density at radius 3 is 2.58 bits per heavy atom. The Morgan fingerprint density at radius 2 is 1.92 bits per heavy atom. The highest BCUT2D eigenvalue weighted by molar-refractivity contribution is 8.18. The molecule has 3 rings (SSSR count). The Balaban J connectivity index is 1.92. The molecule has 1 aromatic heterocycles. The number of rotatable bonds is 4. The minimum Gasteiger partial charge on any atom is -0.348 e. The number of hydrogen-bond donors (Lipinski definition) is 0. The number of carbonyl (C=O) groups excluding carboxylic acids is 1. The molecule has 24 heavy (non-hydrogen) atoms. The van der Waals surface area contributed by atoms with Crippen LogP contribution in [0.25, 0.3) is 6.08 Å². The predicted octanol–water partition coefficient (Wildman–Crippen LogP) is 4.27. The molecule has 0 N–H and O–H groups in total. The fourth-order valence-electron chi connectivity index (χ4n) is 2.48. The van der Waals surface area contributed by atoms with Crippen LogP contribution in [0.4, 0.5) is 10.1 Å².